The molecule has 0 amide bonds. The lowest BCUT2D eigenvalue weighted by Crippen LogP contribution is -2.28. The van der Waals surface area contributed by atoms with Gasteiger partial charge in [0.15, 0.2) is 15.6 Å². The minimum Gasteiger partial charge on any atom is -0.487 e. The van der Waals surface area contributed by atoms with Crippen molar-refractivity contribution < 1.29 is 32.0 Å². The van der Waals surface area contributed by atoms with Crippen LogP contribution in [0.15, 0.2) is 64.4 Å². The van der Waals surface area contributed by atoms with E-state index in [1.807, 2.05) is 0 Å². The van der Waals surface area contributed by atoms with Gasteiger partial charge in [0.05, 0.1) is 29.0 Å². The topological polar surface area (TPSA) is 145 Å². The number of phosphoric acid groups is 1. The number of ether oxygens (including phenoxy) is 1. The highest BCUT2D eigenvalue weighted by Gasteiger charge is 2.29. The molecule has 188 valence electrons. The number of phosphoric ester groups is 1. The molecule has 1 heterocycles. The van der Waals surface area contributed by atoms with Gasteiger partial charge in [0, 0.05) is 23.3 Å². The van der Waals surface area contributed by atoms with Crippen LogP contribution in [0, 0.1) is 0 Å². The van der Waals surface area contributed by atoms with Gasteiger partial charge in [-0.1, -0.05) is 23.7 Å². The highest BCUT2D eigenvalue weighted by molar-refractivity contribution is 7.90. The van der Waals surface area contributed by atoms with E-state index in [-0.39, 0.29) is 23.7 Å². The molecule has 2 N–H and O–H groups in total. The van der Waals surface area contributed by atoms with Crippen LogP contribution in [-0.2, 0) is 18.9 Å². The Morgan fingerprint density at radius 2 is 1.69 bits per heavy atom. The number of sulfone groups is 1. The second kappa shape index (κ2) is 10.2. The average molecular weight is 543 g/mol. The molecule has 0 radical (unpaired) electrons. The average Bonchev–Trinajstić information content (AvgIpc) is 2.73. The SMILES string of the molecule is CC(C)(CCOc1c(-c2ccc(S(C)(=O)=O)cc2)cnn(-c2ccc(Cl)cc2)c1=O)OP(=O)(O)O. The first-order chi connectivity index (χ1) is 16.2. The molecule has 3 aromatic rings. The summed E-state index contributed by atoms with van der Waals surface area (Å²) in [5.41, 5.74) is -0.586. The van der Waals surface area contributed by atoms with Crippen molar-refractivity contribution in [3.63, 3.8) is 0 Å². The predicted octanol–water partition coefficient (Wildman–Crippen LogP) is 3.61. The maximum atomic E-state index is 13.3. The van der Waals surface area contributed by atoms with Crippen molar-refractivity contribution in [1.82, 2.24) is 9.78 Å². The zero-order valence-corrected chi connectivity index (χ0v) is 21.5. The van der Waals surface area contributed by atoms with Gasteiger partial charge in [-0.25, -0.2) is 13.0 Å². The zero-order valence-electron chi connectivity index (χ0n) is 19.1. The van der Waals surface area contributed by atoms with Crippen LogP contribution in [-0.4, -0.2) is 46.4 Å². The molecule has 0 fully saturated rings. The molecule has 0 aliphatic rings. The van der Waals surface area contributed by atoms with E-state index >= 15 is 0 Å². The van der Waals surface area contributed by atoms with Crippen molar-refractivity contribution in [2.75, 3.05) is 12.9 Å². The Bertz CT molecular complexity index is 1420. The number of benzene rings is 2. The Kier molecular flexibility index (Phi) is 7.90. The lowest BCUT2D eigenvalue weighted by Gasteiger charge is -2.25. The normalized spacial score (nSPS) is 12.5. The van der Waals surface area contributed by atoms with E-state index in [4.69, 9.17) is 30.6 Å². The Morgan fingerprint density at radius 1 is 1.09 bits per heavy atom. The summed E-state index contributed by atoms with van der Waals surface area (Å²) < 4.78 is 46.5. The Hall–Kier alpha value is -2.53. The third-order valence-electron chi connectivity index (χ3n) is 4.91. The van der Waals surface area contributed by atoms with Gasteiger partial charge in [-0.2, -0.15) is 9.78 Å². The third kappa shape index (κ3) is 7.23. The lowest BCUT2D eigenvalue weighted by molar-refractivity contribution is 0.0461. The molecule has 0 unspecified atom stereocenters. The fraction of sp³-hybridized carbons (Fsp3) is 0.273. The zero-order chi connectivity index (χ0) is 26.0. The fourth-order valence-electron chi connectivity index (χ4n) is 3.20. The van der Waals surface area contributed by atoms with E-state index < -0.39 is 28.8 Å². The van der Waals surface area contributed by atoms with E-state index in [0.717, 1.165) is 10.9 Å². The number of hydrogen-bond acceptors (Lipinski definition) is 7. The largest absolute Gasteiger partial charge is 0.487 e. The minimum atomic E-state index is -4.73. The molecule has 0 atom stereocenters. The molecular formula is C22H24ClN2O8PS. The molecular weight excluding hydrogens is 519 g/mol. The third-order valence-corrected chi connectivity index (χ3v) is 7.03. The summed E-state index contributed by atoms with van der Waals surface area (Å²) in [6, 6.07) is 12.3. The summed E-state index contributed by atoms with van der Waals surface area (Å²) in [6.45, 7) is 2.86. The Labute approximate surface area is 207 Å². The van der Waals surface area contributed by atoms with Crippen molar-refractivity contribution in [2.45, 2.75) is 30.8 Å². The molecule has 0 saturated carbocycles. The van der Waals surface area contributed by atoms with Gasteiger partial charge >= 0.3 is 13.4 Å². The highest BCUT2D eigenvalue weighted by atomic mass is 35.5. The van der Waals surface area contributed by atoms with Crippen LogP contribution >= 0.6 is 19.4 Å². The molecule has 3 rings (SSSR count). The van der Waals surface area contributed by atoms with Crippen LogP contribution in [0.5, 0.6) is 5.75 Å². The van der Waals surface area contributed by atoms with Gasteiger partial charge < -0.3 is 14.5 Å². The van der Waals surface area contributed by atoms with Crippen LogP contribution in [0.1, 0.15) is 20.3 Å². The highest BCUT2D eigenvalue weighted by Crippen LogP contribution is 2.42. The Morgan fingerprint density at radius 3 is 2.23 bits per heavy atom. The standard InChI is InChI=1S/C22H24ClN2O8PS/c1-22(2,33-34(27,28)29)12-13-32-20-19(15-4-10-18(11-5-15)35(3,30)31)14-24-25(21(20)26)17-8-6-16(23)7-9-17/h4-11,14H,12-13H2,1-3H3,(H2,27,28,29). The summed E-state index contributed by atoms with van der Waals surface area (Å²) in [7, 11) is -8.14. The molecule has 35 heavy (non-hydrogen) atoms. The van der Waals surface area contributed by atoms with Crippen molar-refractivity contribution >= 4 is 29.3 Å². The van der Waals surface area contributed by atoms with E-state index in [9.17, 15) is 17.8 Å². The summed E-state index contributed by atoms with van der Waals surface area (Å²) in [6.07, 6.45) is 2.55. The maximum absolute atomic E-state index is 13.3. The van der Waals surface area contributed by atoms with Gasteiger partial charge in [-0.3, -0.25) is 9.32 Å². The van der Waals surface area contributed by atoms with Crippen LogP contribution in [0.4, 0.5) is 0 Å². The van der Waals surface area contributed by atoms with E-state index in [1.54, 1.807) is 24.3 Å². The van der Waals surface area contributed by atoms with Crippen LogP contribution in [0.25, 0.3) is 16.8 Å². The fourth-order valence-corrected chi connectivity index (χ4v) is 4.69. The number of nitrogens with zero attached hydrogens (tertiary/aromatic N) is 2. The van der Waals surface area contributed by atoms with Gasteiger partial charge in [0.25, 0.3) is 0 Å². The summed E-state index contributed by atoms with van der Waals surface area (Å²) >= 11 is 5.93. The van der Waals surface area contributed by atoms with E-state index in [2.05, 4.69) is 5.10 Å². The predicted molar refractivity (Wildman–Crippen MR) is 131 cm³/mol. The maximum Gasteiger partial charge on any atom is 0.470 e. The van der Waals surface area contributed by atoms with Gasteiger partial charge in [0.2, 0.25) is 0 Å². The molecule has 0 aliphatic carbocycles. The van der Waals surface area contributed by atoms with Crippen molar-refractivity contribution in [3.8, 4) is 22.6 Å². The number of hydrogen-bond donors (Lipinski definition) is 2. The summed E-state index contributed by atoms with van der Waals surface area (Å²) in [5, 5.41) is 4.71. The lowest BCUT2D eigenvalue weighted by atomic mass is 10.1. The van der Waals surface area contributed by atoms with E-state index in [1.165, 1.54) is 44.3 Å². The molecule has 0 aliphatic heterocycles. The van der Waals surface area contributed by atoms with E-state index in [0.29, 0.717) is 21.8 Å². The number of halogens is 1. The Balaban J connectivity index is 2.01. The second-order valence-corrected chi connectivity index (χ2v) is 11.9. The van der Waals surface area contributed by atoms with Crippen molar-refractivity contribution in [2.24, 2.45) is 0 Å². The minimum absolute atomic E-state index is 0.0489. The first-order valence-corrected chi connectivity index (χ1v) is 14.0. The molecule has 10 nitrogen and oxygen atoms in total. The molecule has 0 spiro atoms. The molecule has 13 heteroatoms. The molecule has 0 saturated heterocycles. The smallest absolute Gasteiger partial charge is 0.470 e. The summed E-state index contributed by atoms with van der Waals surface area (Å²) in [5.74, 6) is -0.0750. The van der Waals surface area contributed by atoms with Crippen LogP contribution in [0.3, 0.4) is 0 Å². The number of aromatic nitrogens is 2. The first kappa shape index (κ1) is 27.1. The molecule has 1 aromatic heterocycles. The number of rotatable bonds is 9. The van der Waals surface area contributed by atoms with Gasteiger partial charge in [-0.05, 0) is 55.8 Å². The molecule has 0 bridgehead atoms. The van der Waals surface area contributed by atoms with Crippen molar-refractivity contribution in [3.05, 3.63) is 70.1 Å². The monoisotopic (exact) mass is 542 g/mol. The van der Waals surface area contributed by atoms with Gasteiger partial charge in [0.1, 0.15) is 0 Å². The quantitative estimate of drug-likeness (QED) is 0.387. The van der Waals surface area contributed by atoms with Crippen LogP contribution in [0.2, 0.25) is 5.02 Å². The van der Waals surface area contributed by atoms with Gasteiger partial charge in [-0.15, -0.1) is 0 Å². The second-order valence-electron chi connectivity index (χ2n) is 8.32. The first-order valence-electron chi connectivity index (χ1n) is 10.2. The molecule has 2 aromatic carbocycles. The summed E-state index contributed by atoms with van der Waals surface area (Å²) in [4.78, 5) is 31.7. The van der Waals surface area contributed by atoms with Crippen molar-refractivity contribution in [1.29, 1.82) is 0 Å². The van der Waals surface area contributed by atoms with Crippen LogP contribution < -0.4 is 10.3 Å².